The first-order valence-corrected chi connectivity index (χ1v) is 10.6. The fraction of sp³-hybridized carbons (Fsp3) is 0.368. The molecule has 0 bridgehead atoms. The average molecular weight is 399 g/mol. The SMILES string of the molecule is Cc1ccc(S(=O)(=O)N2CCCC[C@H]2c2nnc(-c3cnc(C)cn3)o2)cc1. The Hall–Kier alpha value is -2.65. The van der Waals surface area contributed by atoms with Gasteiger partial charge in [0.05, 0.1) is 16.8 Å². The number of aryl methyl sites for hydroxylation is 2. The lowest BCUT2D eigenvalue weighted by atomic mass is 10.1. The number of rotatable bonds is 4. The van der Waals surface area contributed by atoms with Gasteiger partial charge in [-0.15, -0.1) is 10.2 Å². The van der Waals surface area contributed by atoms with Gasteiger partial charge in [-0.2, -0.15) is 4.31 Å². The molecule has 2 aromatic heterocycles. The summed E-state index contributed by atoms with van der Waals surface area (Å²) in [5.74, 6) is 0.522. The lowest BCUT2D eigenvalue weighted by molar-refractivity contribution is 0.220. The number of sulfonamides is 1. The first-order chi connectivity index (χ1) is 13.4. The molecule has 1 fully saturated rings. The van der Waals surface area contributed by atoms with Gasteiger partial charge in [-0.3, -0.25) is 4.98 Å². The highest BCUT2D eigenvalue weighted by Crippen LogP contribution is 2.35. The molecule has 0 aliphatic carbocycles. The zero-order valence-corrected chi connectivity index (χ0v) is 16.6. The normalized spacial score (nSPS) is 18.3. The van der Waals surface area contributed by atoms with Crippen molar-refractivity contribution >= 4 is 10.0 Å². The Morgan fingerprint density at radius 2 is 1.82 bits per heavy atom. The minimum Gasteiger partial charge on any atom is -0.417 e. The molecular weight excluding hydrogens is 378 g/mol. The van der Waals surface area contributed by atoms with E-state index in [9.17, 15) is 8.42 Å². The van der Waals surface area contributed by atoms with Gasteiger partial charge in [-0.1, -0.05) is 24.1 Å². The number of nitrogens with zero attached hydrogens (tertiary/aromatic N) is 5. The van der Waals surface area contributed by atoms with Gasteiger partial charge in [-0.05, 0) is 38.8 Å². The van der Waals surface area contributed by atoms with Crippen LogP contribution in [0, 0.1) is 13.8 Å². The molecule has 3 heterocycles. The number of piperidine rings is 1. The monoisotopic (exact) mass is 399 g/mol. The van der Waals surface area contributed by atoms with Crippen molar-refractivity contribution in [3.8, 4) is 11.6 Å². The number of aromatic nitrogens is 4. The Labute approximate surface area is 163 Å². The van der Waals surface area contributed by atoms with Crippen molar-refractivity contribution < 1.29 is 12.8 Å². The van der Waals surface area contributed by atoms with Crippen molar-refractivity contribution in [3.63, 3.8) is 0 Å². The fourth-order valence-electron chi connectivity index (χ4n) is 3.26. The fourth-order valence-corrected chi connectivity index (χ4v) is 4.91. The van der Waals surface area contributed by atoms with Gasteiger partial charge in [-0.25, -0.2) is 13.4 Å². The quantitative estimate of drug-likeness (QED) is 0.664. The number of hydrogen-bond donors (Lipinski definition) is 0. The van der Waals surface area contributed by atoms with Crippen LogP contribution in [0.1, 0.15) is 42.5 Å². The molecule has 0 saturated carbocycles. The van der Waals surface area contributed by atoms with Gasteiger partial charge in [0.25, 0.3) is 5.89 Å². The van der Waals surface area contributed by atoms with Gasteiger partial charge in [0.1, 0.15) is 11.7 Å². The van der Waals surface area contributed by atoms with Crippen molar-refractivity contribution in [2.45, 2.75) is 44.0 Å². The minimum atomic E-state index is -3.66. The summed E-state index contributed by atoms with van der Waals surface area (Å²) in [4.78, 5) is 8.69. The van der Waals surface area contributed by atoms with E-state index in [1.807, 2.05) is 13.8 Å². The van der Waals surface area contributed by atoms with E-state index in [2.05, 4.69) is 20.2 Å². The minimum absolute atomic E-state index is 0.237. The van der Waals surface area contributed by atoms with Crippen LogP contribution in [0.25, 0.3) is 11.6 Å². The van der Waals surface area contributed by atoms with Gasteiger partial charge < -0.3 is 4.42 Å². The highest BCUT2D eigenvalue weighted by atomic mass is 32.2. The lowest BCUT2D eigenvalue weighted by Gasteiger charge is -2.32. The standard InChI is InChI=1S/C19H21N5O3S/c1-13-6-8-15(9-7-13)28(25,26)24-10-4-3-5-17(24)19-23-22-18(27-19)16-12-20-14(2)11-21-16/h6-9,11-12,17H,3-5,10H2,1-2H3/t17-/m0/s1. The van der Waals surface area contributed by atoms with Crippen LogP contribution < -0.4 is 0 Å². The van der Waals surface area contributed by atoms with Crippen LogP contribution in [0.15, 0.2) is 46.0 Å². The molecule has 3 aromatic rings. The van der Waals surface area contributed by atoms with E-state index in [1.54, 1.807) is 36.7 Å². The molecule has 0 amide bonds. The molecular formula is C19H21N5O3S. The first kappa shape index (κ1) is 18.7. The Balaban J connectivity index is 1.66. The highest BCUT2D eigenvalue weighted by molar-refractivity contribution is 7.89. The van der Waals surface area contributed by atoms with Crippen LogP contribution in [0.3, 0.4) is 0 Å². The maximum Gasteiger partial charge on any atom is 0.267 e. The number of benzene rings is 1. The van der Waals surface area contributed by atoms with E-state index < -0.39 is 16.1 Å². The Morgan fingerprint density at radius 3 is 2.54 bits per heavy atom. The molecule has 146 valence electrons. The van der Waals surface area contributed by atoms with Crippen molar-refractivity contribution in [1.82, 2.24) is 24.5 Å². The predicted octanol–water partition coefficient (Wildman–Crippen LogP) is 3.06. The zero-order valence-electron chi connectivity index (χ0n) is 15.7. The summed E-state index contributed by atoms with van der Waals surface area (Å²) >= 11 is 0. The van der Waals surface area contributed by atoms with Crippen LogP contribution >= 0.6 is 0 Å². The van der Waals surface area contributed by atoms with E-state index >= 15 is 0 Å². The molecule has 0 spiro atoms. The summed E-state index contributed by atoms with van der Waals surface area (Å²) < 4.78 is 33.7. The van der Waals surface area contributed by atoms with Crippen molar-refractivity contribution in [2.75, 3.05) is 6.54 Å². The Morgan fingerprint density at radius 1 is 1.04 bits per heavy atom. The molecule has 1 aliphatic heterocycles. The second-order valence-electron chi connectivity index (χ2n) is 6.93. The maximum atomic E-state index is 13.2. The summed E-state index contributed by atoms with van der Waals surface area (Å²) in [5, 5.41) is 8.17. The zero-order chi connectivity index (χ0) is 19.7. The molecule has 8 nitrogen and oxygen atoms in total. The summed E-state index contributed by atoms with van der Waals surface area (Å²) in [7, 11) is -3.66. The second kappa shape index (κ2) is 7.40. The summed E-state index contributed by atoms with van der Waals surface area (Å²) in [6.45, 7) is 4.18. The van der Waals surface area contributed by atoms with Crippen LogP contribution in [-0.4, -0.2) is 39.4 Å². The van der Waals surface area contributed by atoms with Gasteiger partial charge in [0, 0.05) is 12.7 Å². The van der Waals surface area contributed by atoms with E-state index in [1.165, 1.54) is 4.31 Å². The van der Waals surface area contributed by atoms with Gasteiger partial charge in [0.2, 0.25) is 15.9 Å². The van der Waals surface area contributed by atoms with Gasteiger partial charge in [0.15, 0.2) is 0 Å². The molecule has 1 saturated heterocycles. The maximum absolute atomic E-state index is 13.2. The van der Waals surface area contributed by atoms with Crippen LogP contribution in [0.5, 0.6) is 0 Å². The molecule has 4 rings (SSSR count). The molecule has 1 atom stereocenters. The van der Waals surface area contributed by atoms with Crippen molar-refractivity contribution in [3.05, 3.63) is 53.8 Å². The summed E-state index contributed by atoms with van der Waals surface area (Å²) in [5.41, 5.74) is 2.26. The Kier molecular flexibility index (Phi) is 4.94. The lowest BCUT2D eigenvalue weighted by Crippen LogP contribution is -2.38. The Bertz CT molecular complexity index is 1060. The molecule has 9 heteroatoms. The van der Waals surface area contributed by atoms with Gasteiger partial charge >= 0.3 is 0 Å². The van der Waals surface area contributed by atoms with Crippen LogP contribution in [0.4, 0.5) is 0 Å². The van der Waals surface area contributed by atoms with E-state index in [4.69, 9.17) is 4.42 Å². The third kappa shape index (κ3) is 3.55. The highest BCUT2D eigenvalue weighted by Gasteiger charge is 2.37. The predicted molar refractivity (Wildman–Crippen MR) is 102 cm³/mol. The molecule has 1 aromatic carbocycles. The molecule has 28 heavy (non-hydrogen) atoms. The molecule has 0 radical (unpaired) electrons. The average Bonchev–Trinajstić information content (AvgIpc) is 3.19. The van der Waals surface area contributed by atoms with Crippen LogP contribution in [0.2, 0.25) is 0 Å². The van der Waals surface area contributed by atoms with Crippen molar-refractivity contribution in [2.24, 2.45) is 0 Å². The largest absolute Gasteiger partial charge is 0.417 e. The molecule has 0 unspecified atom stereocenters. The third-order valence-corrected chi connectivity index (χ3v) is 6.73. The summed E-state index contributed by atoms with van der Waals surface area (Å²) in [6.07, 6.45) is 5.51. The molecule has 1 aliphatic rings. The first-order valence-electron chi connectivity index (χ1n) is 9.16. The van der Waals surface area contributed by atoms with E-state index in [0.717, 1.165) is 24.1 Å². The van der Waals surface area contributed by atoms with E-state index in [0.29, 0.717) is 18.7 Å². The third-order valence-electron chi connectivity index (χ3n) is 4.81. The number of hydrogen-bond acceptors (Lipinski definition) is 7. The smallest absolute Gasteiger partial charge is 0.267 e. The second-order valence-corrected chi connectivity index (χ2v) is 8.82. The van der Waals surface area contributed by atoms with Crippen LogP contribution in [-0.2, 0) is 10.0 Å². The topological polar surface area (TPSA) is 102 Å². The van der Waals surface area contributed by atoms with E-state index in [-0.39, 0.29) is 16.7 Å². The molecule has 0 N–H and O–H groups in total. The van der Waals surface area contributed by atoms with Crippen molar-refractivity contribution in [1.29, 1.82) is 0 Å². The summed E-state index contributed by atoms with van der Waals surface area (Å²) in [6, 6.07) is 6.38.